The third kappa shape index (κ3) is 10.5. The smallest absolute Gasteiger partial charge is 0.326 e. The Kier molecular flexibility index (Phi) is 12.3. The number of carbonyl (C=O) groups is 5. The number of rotatable bonds is 16. The number of nitrogens with one attached hydrogen (secondary N) is 4. The van der Waals surface area contributed by atoms with Gasteiger partial charge >= 0.3 is 5.97 Å². The SMILES string of the molecule is CC(O)C(N)C(=O)NC(CCCCN)C(=O)NC(CC(N)=O)C(=O)NC(Cc1cnc[nH]1)C(=O)O. The number of aliphatic carboxylic acids is 1. The van der Waals surface area contributed by atoms with Crippen LogP contribution in [0.1, 0.15) is 38.3 Å². The predicted molar refractivity (Wildman–Crippen MR) is 122 cm³/mol. The second kappa shape index (κ2) is 14.6. The van der Waals surface area contributed by atoms with E-state index in [1.54, 1.807) is 0 Å². The zero-order chi connectivity index (χ0) is 26.5. The molecule has 1 aromatic rings. The van der Waals surface area contributed by atoms with Gasteiger partial charge in [-0.15, -0.1) is 0 Å². The minimum Gasteiger partial charge on any atom is -0.480 e. The lowest BCUT2D eigenvalue weighted by Crippen LogP contribution is -2.58. The molecule has 35 heavy (non-hydrogen) atoms. The molecule has 0 aromatic carbocycles. The van der Waals surface area contributed by atoms with E-state index in [9.17, 15) is 34.2 Å². The van der Waals surface area contributed by atoms with Gasteiger partial charge in [-0.25, -0.2) is 9.78 Å². The maximum Gasteiger partial charge on any atom is 0.326 e. The molecule has 4 amide bonds. The van der Waals surface area contributed by atoms with E-state index in [2.05, 4.69) is 25.9 Å². The molecule has 1 rings (SSSR count). The van der Waals surface area contributed by atoms with Crippen molar-refractivity contribution in [3.8, 4) is 0 Å². The van der Waals surface area contributed by atoms with Gasteiger partial charge in [0.1, 0.15) is 24.2 Å². The van der Waals surface area contributed by atoms with Crippen LogP contribution in [-0.4, -0.2) is 86.6 Å². The quantitative estimate of drug-likeness (QED) is 0.100. The van der Waals surface area contributed by atoms with E-state index >= 15 is 0 Å². The summed E-state index contributed by atoms with van der Waals surface area (Å²) in [7, 11) is 0. The number of unbranched alkanes of at least 4 members (excludes halogenated alkanes) is 1. The van der Waals surface area contributed by atoms with E-state index in [1.165, 1.54) is 19.4 Å². The summed E-state index contributed by atoms with van der Waals surface area (Å²) in [5, 5.41) is 26.0. The average Bonchev–Trinajstić information content (AvgIpc) is 3.29. The second-order valence-corrected chi connectivity index (χ2v) is 8.02. The first-order valence-corrected chi connectivity index (χ1v) is 11.0. The number of nitrogens with two attached hydrogens (primary N) is 3. The summed E-state index contributed by atoms with van der Waals surface area (Å²) in [4.78, 5) is 67.6. The molecule has 0 saturated heterocycles. The maximum absolute atomic E-state index is 12.9. The molecule has 1 aromatic heterocycles. The largest absolute Gasteiger partial charge is 0.480 e. The molecule has 0 spiro atoms. The van der Waals surface area contributed by atoms with Crippen molar-refractivity contribution in [2.75, 3.05) is 6.54 Å². The molecule has 12 N–H and O–H groups in total. The summed E-state index contributed by atoms with van der Waals surface area (Å²) in [6.07, 6.45) is 1.91. The van der Waals surface area contributed by atoms with E-state index in [0.717, 1.165) is 0 Å². The number of carboxylic acids is 1. The molecule has 0 fully saturated rings. The Balaban J connectivity index is 2.98. The number of aromatic amines is 1. The number of H-pyrrole nitrogens is 1. The summed E-state index contributed by atoms with van der Waals surface area (Å²) in [6.45, 7) is 1.65. The normalized spacial score (nSPS) is 15.2. The fourth-order valence-corrected chi connectivity index (χ4v) is 3.02. The topological polar surface area (TPSA) is 269 Å². The van der Waals surface area contributed by atoms with Crippen LogP contribution in [0.5, 0.6) is 0 Å². The molecule has 196 valence electrons. The van der Waals surface area contributed by atoms with Crippen LogP contribution in [0, 0.1) is 0 Å². The van der Waals surface area contributed by atoms with Crippen molar-refractivity contribution in [2.24, 2.45) is 17.2 Å². The van der Waals surface area contributed by atoms with Crippen molar-refractivity contribution in [1.29, 1.82) is 0 Å². The first kappa shape index (κ1) is 29.5. The number of amides is 4. The number of carboxylic acid groups (broad SMARTS) is 1. The van der Waals surface area contributed by atoms with Gasteiger partial charge in [0.05, 0.1) is 18.9 Å². The molecule has 5 unspecified atom stereocenters. The lowest BCUT2D eigenvalue weighted by molar-refractivity contribution is -0.142. The van der Waals surface area contributed by atoms with Gasteiger partial charge in [-0.2, -0.15) is 0 Å². The number of imidazole rings is 1. The molecule has 1 heterocycles. The fraction of sp³-hybridized carbons (Fsp3) is 0.600. The molecular formula is C20H34N8O7. The van der Waals surface area contributed by atoms with Crippen molar-refractivity contribution in [3.05, 3.63) is 18.2 Å². The van der Waals surface area contributed by atoms with Crippen LogP contribution < -0.4 is 33.2 Å². The van der Waals surface area contributed by atoms with E-state index in [0.29, 0.717) is 25.1 Å². The molecule has 5 atom stereocenters. The van der Waals surface area contributed by atoms with Crippen molar-refractivity contribution in [2.45, 2.75) is 69.3 Å². The maximum atomic E-state index is 12.9. The monoisotopic (exact) mass is 498 g/mol. The van der Waals surface area contributed by atoms with Gasteiger partial charge in [0.2, 0.25) is 23.6 Å². The van der Waals surface area contributed by atoms with Crippen LogP contribution in [0.15, 0.2) is 12.5 Å². The predicted octanol–water partition coefficient (Wildman–Crippen LogP) is -3.80. The van der Waals surface area contributed by atoms with Crippen molar-refractivity contribution in [3.63, 3.8) is 0 Å². The van der Waals surface area contributed by atoms with Crippen molar-refractivity contribution >= 4 is 29.6 Å². The number of aliphatic hydroxyl groups is 1. The third-order valence-corrected chi connectivity index (χ3v) is 5.03. The Morgan fingerprint density at radius 2 is 1.63 bits per heavy atom. The average molecular weight is 499 g/mol. The molecule has 0 aliphatic heterocycles. The highest BCUT2D eigenvalue weighted by atomic mass is 16.4. The molecule has 15 nitrogen and oxygen atoms in total. The van der Waals surface area contributed by atoms with E-state index in [-0.39, 0.29) is 12.8 Å². The Bertz CT molecular complexity index is 862. The summed E-state index contributed by atoms with van der Waals surface area (Å²) < 4.78 is 0. The molecule has 0 aliphatic carbocycles. The van der Waals surface area contributed by atoms with Gasteiger partial charge in [-0.3, -0.25) is 19.2 Å². The van der Waals surface area contributed by atoms with Gasteiger partial charge in [-0.05, 0) is 32.7 Å². The van der Waals surface area contributed by atoms with E-state index in [1.807, 2.05) is 0 Å². The second-order valence-electron chi connectivity index (χ2n) is 8.02. The summed E-state index contributed by atoms with van der Waals surface area (Å²) >= 11 is 0. The molecular weight excluding hydrogens is 464 g/mol. The number of primary amides is 1. The number of hydrogen-bond acceptors (Lipinski definition) is 9. The van der Waals surface area contributed by atoms with Crippen LogP contribution in [0.25, 0.3) is 0 Å². The standard InChI is InChI=1S/C20H34N8O7/c1-10(29)16(23)19(33)26-12(4-2-3-5-21)17(31)27-13(7-15(22)30)18(32)28-14(20(34)35)6-11-8-24-9-25-11/h8-10,12-14,16,29H,2-7,21,23H2,1H3,(H2,22,30)(H,24,25)(H,26,33)(H,27,31)(H,28,32)(H,34,35). The lowest BCUT2D eigenvalue weighted by Gasteiger charge is -2.25. The summed E-state index contributed by atoms with van der Waals surface area (Å²) in [5.74, 6) is -4.86. The minimum atomic E-state index is -1.51. The number of aliphatic hydroxyl groups excluding tert-OH is 1. The van der Waals surface area contributed by atoms with Gasteiger partial charge in [-0.1, -0.05) is 0 Å². The lowest BCUT2D eigenvalue weighted by atomic mass is 10.1. The number of nitrogens with zero attached hydrogens (tertiary/aromatic N) is 1. The third-order valence-electron chi connectivity index (χ3n) is 5.03. The van der Waals surface area contributed by atoms with Crippen LogP contribution in [0.3, 0.4) is 0 Å². The molecule has 0 saturated carbocycles. The Morgan fingerprint density at radius 3 is 2.14 bits per heavy atom. The first-order chi connectivity index (χ1) is 16.5. The molecule has 0 radical (unpaired) electrons. The zero-order valence-corrected chi connectivity index (χ0v) is 19.4. The summed E-state index contributed by atoms with van der Waals surface area (Å²) in [5.41, 5.74) is 16.7. The van der Waals surface area contributed by atoms with Gasteiger partial charge in [0, 0.05) is 18.3 Å². The highest BCUT2D eigenvalue weighted by Gasteiger charge is 2.31. The Hall–Kier alpha value is -3.56. The molecule has 0 aliphatic rings. The van der Waals surface area contributed by atoms with Crippen molar-refractivity contribution in [1.82, 2.24) is 25.9 Å². The van der Waals surface area contributed by atoms with Crippen LogP contribution >= 0.6 is 0 Å². The molecule has 15 heteroatoms. The number of carbonyl (C=O) groups excluding carboxylic acids is 4. The van der Waals surface area contributed by atoms with Gasteiger partial charge < -0.3 is 48.3 Å². The minimum absolute atomic E-state index is 0.129. The highest BCUT2D eigenvalue weighted by molar-refractivity contribution is 5.96. The molecule has 0 bridgehead atoms. The Morgan fingerprint density at radius 1 is 1.03 bits per heavy atom. The van der Waals surface area contributed by atoms with Crippen molar-refractivity contribution < 1.29 is 34.2 Å². The van der Waals surface area contributed by atoms with Gasteiger partial charge in [0.15, 0.2) is 0 Å². The fourth-order valence-electron chi connectivity index (χ4n) is 3.02. The van der Waals surface area contributed by atoms with E-state index < -0.39 is 66.3 Å². The number of hydrogen-bond donors (Lipinski definition) is 9. The van der Waals surface area contributed by atoms with Crippen LogP contribution in [-0.2, 0) is 30.4 Å². The van der Waals surface area contributed by atoms with Crippen LogP contribution in [0.4, 0.5) is 0 Å². The Labute approximate surface area is 201 Å². The zero-order valence-electron chi connectivity index (χ0n) is 19.4. The van der Waals surface area contributed by atoms with Crippen LogP contribution in [0.2, 0.25) is 0 Å². The first-order valence-electron chi connectivity index (χ1n) is 11.0. The van der Waals surface area contributed by atoms with E-state index in [4.69, 9.17) is 17.2 Å². The number of aromatic nitrogens is 2. The highest BCUT2D eigenvalue weighted by Crippen LogP contribution is 2.05. The van der Waals surface area contributed by atoms with Gasteiger partial charge in [0.25, 0.3) is 0 Å². The summed E-state index contributed by atoms with van der Waals surface area (Å²) in [6, 6.07) is -5.37.